The number of carbonyl (C=O) groups is 2. The number of nitrogens with two attached hydrogens (primary N) is 1. The standard InChI is InChI=1S/C35H37ClFN7O2/c1-21-6-4-10-29(37)31(21)35(46)43-30-11-5-7-23(30)18-27(33(38)45)32(43)22-12-14-25(15-13-22)42(24-8-2-3-9-24)26-19-28(36)34(39-20-26)44-40-16-17-41-44/h4,6,10,12-17,19-20,23-24,27,30,32H,2-3,5,7-9,11,18H2,1H3,(H2,38,45). The van der Waals surface area contributed by atoms with E-state index in [0.29, 0.717) is 22.8 Å². The summed E-state index contributed by atoms with van der Waals surface area (Å²) in [6.45, 7) is 1.75. The molecule has 1 saturated heterocycles. The number of anilines is 2. The average molecular weight is 642 g/mol. The zero-order valence-electron chi connectivity index (χ0n) is 25.7. The third-order valence-electron chi connectivity index (χ3n) is 10.1. The van der Waals surface area contributed by atoms with Crippen molar-refractivity contribution in [1.29, 1.82) is 0 Å². The van der Waals surface area contributed by atoms with Crippen LogP contribution in [0.25, 0.3) is 5.82 Å². The minimum atomic E-state index is -0.602. The van der Waals surface area contributed by atoms with Gasteiger partial charge in [0.05, 0.1) is 46.8 Å². The number of amides is 2. The number of likely N-dealkylation sites (tertiary alicyclic amines) is 1. The SMILES string of the molecule is Cc1cccc(F)c1C(=O)N1C2CCCC2CC(C(N)=O)C1c1ccc(N(c2cnc(-n3nccn3)c(Cl)c2)C2CCCC2)cc1. The first-order valence-electron chi connectivity index (χ1n) is 16.1. The summed E-state index contributed by atoms with van der Waals surface area (Å²) in [6.07, 6.45) is 12.6. The topological polar surface area (TPSA) is 110 Å². The van der Waals surface area contributed by atoms with E-state index in [2.05, 4.69) is 20.1 Å². The molecule has 0 radical (unpaired) electrons. The Morgan fingerprint density at radius 2 is 1.72 bits per heavy atom. The number of primary amides is 1. The largest absolute Gasteiger partial charge is 0.369 e. The Morgan fingerprint density at radius 1 is 0.978 bits per heavy atom. The van der Waals surface area contributed by atoms with E-state index in [-0.39, 0.29) is 29.5 Å². The second-order valence-electron chi connectivity index (χ2n) is 12.8. The van der Waals surface area contributed by atoms with E-state index >= 15 is 4.39 Å². The smallest absolute Gasteiger partial charge is 0.257 e. The van der Waals surface area contributed by atoms with Gasteiger partial charge in [0.2, 0.25) is 5.91 Å². The van der Waals surface area contributed by atoms with Crippen molar-refractivity contribution in [2.24, 2.45) is 17.6 Å². The molecular weight excluding hydrogens is 605 g/mol. The highest BCUT2D eigenvalue weighted by molar-refractivity contribution is 6.32. The van der Waals surface area contributed by atoms with E-state index in [4.69, 9.17) is 17.3 Å². The van der Waals surface area contributed by atoms with Gasteiger partial charge >= 0.3 is 0 Å². The molecule has 9 nitrogen and oxygen atoms in total. The molecule has 3 heterocycles. The van der Waals surface area contributed by atoms with Crippen molar-refractivity contribution in [3.05, 3.63) is 94.7 Å². The monoisotopic (exact) mass is 641 g/mol. The summed E-state index contributed by atoms with van der Waals surface area (Å²) in [4.78, 5) is 37.4. The van der Waals surface area contributed by atoms with Crippen LogP contribution in [-0.2, 0) is 4.79 Å². The maximum Gasteiger partial charge on any atom is 0.257 e. The van der Waals surface area contributed by atoms with Gasteiger partial charge in [-0.15, -0.1) is 4.80 Å². The number of halogens is 2. The molecule has 7 rings (SSSR count). The summed E-state index contributed by atoms with van der Waals surface area (Å²) in [5.74, 6) is -1.36. The summed E-state index contributed by atoms with van der Waals surface area (Å²) in [7, 11) is 0. The molecule has 4 aromatic rings. The number of rotatable bonds is 7. The lowest BCUT2D eigenvalue weighted by Crippen LogP contribution is -2.54. The molecule has 0 bridgehead atoms. The van der Waals surface area contributed by atoms with Crippen LogP contribution in [0, 0.1) is 24.6 Å². The number of aryl methyl sites for hydroxylation is 1. The molecule has 2 aromatic carbocycles. The van der Waals surface area contributed by atoms with E-state index in [1.54, 1.807) is 42.5 Å². The number of fused-ring (bicyclic) bond motifs is 1. The number of nitrogens with zero attached hydrogens (tertiary/aromatic N) is 6. The third kappa shape index (κ3) is 5.42. The summed E-state index contributed by atoms with van der Waals surface area (Å²) in [5.41, 5.74) is 9.30. The second kappa shape index (κ2) is 12.5. The van der Waals surface area contributed by atoms with E-state index < -0.39 is 23.7 Å². The van der Waals surface area contributed by atoms with Crippen LogP contribution >= 0.6 is 11.6 Å². The van der Waals surface area contributed by atoms with Crippen LogP contribution in [0.5, 0.6) is 0 Å². The Morgan fingerprint density at radius 3 is 2.39 bits per heavy atom. The van der Waals surface area contributed by atoms with Crippen LogP contribution in [0.15, 0.2) is 67.1 Å². The maximum absolute atomic E-state index is 15.2. The van der Waals surface area contributed by atoms with Crippen LogP contribution in [0.1, 0.15) is 78.9 Å². The van der Waals surface area contributed by atoms with Crippen molar-refractivity contribution in [1.82, 2.24) is 24.9 Å². The first-order chi connectivity index (χ1) is 22.3. The minimum Gasteiger partial charge on any atom is -0.369 e. The van der Waals surface area contributed by atoms with E-state index in [1.165, 1.54) is 10.9 Å². The zero-order valence-corrected chi connectivity index (χ0v) is 26.5. The summed E-state index contributed by atoms with van der Waals surface area (Å²) < 4.78 is 15.2. The fourth-order valence-electron chi connectivity index (χ4n) is 8.08. The van der Waals surface area contributed by atoms with Gasteiger partial charge < -0.3 is 15.5 Å². The van der Waals surface area contributed by atoms with E-state index in [1.807, 2.05) is 30.3 Å². The fourth-order valence-corrected chi connectivity index (χ4v) is 8.31. The Balaban J connectivity index is 1.27. The molecule has 0 spiro atoms. The fraction of sp³-hybridized carbons (Fsp3) is 0.400. The van der Waals surface area contributed by atoms with Crippen molar-refractivity contribution >= 4 is 34.8 Å². The van der Waals surface area contributed by atoms with Crippen LogP contribution in [-0.4, -0.2) is 48.8 Å². The van der Waals surface area contributed by atoms with Crippen molar-refractivity contribution in [3.63, 3.8) is 0 Å². The van der Waals surface area contributed by atoms with Crippen LogP contribution in [0.4, 0.5) is 15.8 Å². The summed E-state index contributed by atoms with van der Waals surface area (Å²) in [6, 6.07) is 14.2. The number of pyridine rings is 1. The number of aromatic nitrogens is 4. The lowest BCUT2D eigenvalue weighted by Gasteiger charge is -2.48. The molecule has 1 aliphatic heterocycles. The molecule has 46 heavy (non-hydrogen) atoms. The van der Waals surface area contributed by atoms with Crippen molar-refractivity contribution in [2.45, 2.75) is 76.4 Å². The molecule has 2 saturated carbocycles. The van der Waals surface area contributed by atoms with Crippen molar-refractivity contribution in [2.75, 3.05) is 4.90 Å². The molecule has 2 amide bonds. The molecule has 2 aromatic heterocycles. The zero-order chi connectivity index (χ0) is 31.9. The van der Waals surface area contributed by atoms with Gasteiger partial charge in [0, 0.05) is 17.8 Å². The minimum absolute atomic E-state index is 0.0606. The predicted molar refractivity (Wildman–Crippen MR) is 173 cm³/mol. The lowest BCUT2D eigenvalue weighted by atomic mass is 9.76. The molecular formula is C35H37ClFN7O2. The molecule has 2 N–H and O–H groups in total. The molecule has 3 aliphatic rings. The first-order valence-corrected chi connectivity index (χ1v) is 16.5. The Kier molecular flexibility index (Phi) is 8.23. The summed E-state index contributed by atoms with van der Waals surface area (Å²) in [5, 5.41) is 8.76. The van der Waals surface area contributed by atoms with Crippen LogP contribution < -0.4 is 10.6 Å². The number of piperidine rings is 1. The average Bonchev–Trinajstić information content (AvgIpc) is 3.85. The van der Waals surface area contributed by atoms with Gasteiger partial charge in [0.15, 0.2) is 5.82 Å². The van der Waals surface area contributed by atoms with Gasteiger partial charge in [-0.05, 0) is 80.3 Å². The highest BCUT2D eigenvalue weighted by atomic mass is 35.5. The van der Waals surface area contributed by atoms with Gasteiger partial charge in [-0.25, -0.2) is 9.37 Å². The molecule has 4 unspecified atom stereocenters. The van der Waals surface area contributed by atoms with E-state index in [0.717, 1.165) is 61.9 Å². The number of benzene rings is 2. The Hall–Kier alpha value is -4.31. The van der Waals surface area contributed by atoms with Gasteiger partial charge in [-0.3, -0.25) is 9.59 Å². The molecule has 4 atom stereocenters. The van der Waals surface area contributed by atoms with E-state index in [9.17, 15) is 9.59 Å². The number of hydrogen-bond donors (Lipinski definition) is 1. The maximum atomic E-state index is 15.2. The van der Waals surface area contributed by atoms with Gasteiger partial charge in [0.1, 0.15) is 5.82 Å². The predicted octanol–water partition coefficient (Wildman–Crippen LogP) is 6.70. The number of hydrogen-bond acceptors (Lipinski definition) is 6. The van der Waals surface area contributed by atoms with Gasteiger partial charge in [0.25, 0.3) is 5.91 Å². The van der Waals surface area contributed by atoms with Crippen molar-refractivity contribution < 1.29 is 14.0 Å². The number of carbonyl (C=O) groups excluding carboxylic acids is 2. The third-order valence-corrected chi connectivity index (χ3v) is 10.4. The first kappa shape index (κ1) is 30.3. The lowest BCUT2D eigenvalue weighted by molar-refractivity contribution is -0.127. The second-order valence-corrected chi connectivity index (χ2v) is 13.2. The van der Waals surface area contributed by atoms with Crippen LogP contribution in [0.2, 0.25) is 5.02 Å². The molecule has 2 aliphatic carbocycles. The van der Waals surface area contributed by atoms with Crippen LogP contribution in [0.3, 0.4) is 0 Å². The Bertz CT molecular complexity index is 1720. The molecule has 11 heteroatoms. The summed E-state index contributed by atoms with van der Waals surface area (Å²) >= 11 is 6.70. The molecule has 3 fully saturated rings. The normalized spacial score (nSPS) is 23.0. The highest BCUT2D eigenvalue weighted by Gasteiger charge is 2.50. The van der Waals surface area contributed by atoms with Crippen molar-refractivity contribution in [3.8, 4) is 5.82 Å². The molecule has 238 valence electrons. The van der Waals surface area contributed by atoms with Gasteiger partial charge in [-0.2, -0.15) is 10.2 Å². The quantitative estimate of drug-likeness (QED) is 0.240. The highest BCUT2D eigenvalue weighted by Crippen LogP contribution is 2.49. The Labute approximate surface area is 272 Å². The van der Waals surface area contributed by atoms with Gasteiger partial charge in [-0.1, -0.05) is 55.1 Å².